The molecule has 28 heavy (non-hydrogen) atoms. The fraction of sp³-hybridized carbons (Fsp3) is 0.409. The van der Waals surface area contributed by atoms with Crippen LogP contribution in [0.2, 0.25) is 0 Å². The molecule has 2 atom stereocenters. The topological polar surface area (TPSA) is 50.8 Å². The molecular weight excluding hydrogens is 420 g/mol. The molecule has 1 fully saturated rings. The predicted molar refractivity (Wildman–Crippen MR) is 112 cm³/mol. The second kappa shape index (κ2) is 8.53. The first-order valence-corrected chi connectivity index (χ1v) is 10.6. The average molecular weight is 445 g/mol. The maximum atomic E-state index is 12.7. The number of hydrogen-bond donors (Lipinski definition) is 1. The van der Waals surface area contributed by atoms with Crippen LogP contribution >= 0.6 is 15.9 Å². The first-order chi connectivity index (χ1) is 13.6. The molecule has 2 aromatic rings. The second-order valence-corrected chi connectivity index (χ2v) is 8.29. The van der Waals surface area contributed by atoms with Gasteiger partial charge in [-0.05, 0) is 61.7 Å². The summed E-state index contributed by atoms with van der Waals surface area (Å²) in [6.45, 7) is 4.53. The van der Waals surface area contributed by atoms with Crippen LogP contribution in [0.25, 0.3) is 0 Å². The van der Waals surface area contributed by atoms with Gasteiger partial charge >= 0.3 is 0 Å². The van der Waals surface area contributed by atoms with Crippen molar-refractivity contribution in [3.63, 3.8) is 0 Å². The zero-order valence-corrected chi connectivity index (χ0v) is 17.6. The lowest BCUT2D eigenvalue weighted by Crippen LogP contribution is -2.38. The van der Waals surface area contributed by atoms with Crippen molar-refractivity contribution in [3.05, 3.63) is 58.1 Å². The maximum absolute atomic E-state index is 12.7. The molecule has 148 valence electrons. The number of benzene rings is 2. The molecule has 1 N–H and O–H groups in total. The van der Waals surface area contributed by atoms with E-state index in [-0.39, 0.29) is 18.0 Å². The van der Waals surface area contributed by atoms with Crippen molar-refractivity contribution >= 4 is 21.8 Å². The molecule has 0 aliphatic carbocycles. The number of fused-ring (bicyclic) bond motifs is 1. The Morgan fingerprint density at radius 3 is 2.71 bits per heavy atom. The third kappa shape index (κ3) is 4.33. The van der Waals surface area contributed by atoms with Crippen LogP contribution in [0.4, 0.5) is 0 Å². The normalized spacial score (nSPS) is 20.0. The molecule has 2 heterocycles. The molecule has 0 aromatic heterocycles. The van der Waals surface area contributed by atoms with E-state index in [0.717, 1.165) is 40.9 Å². The van der Waals surface area contributed by atoms with Crippen LogP contribution in [0.15, 0.2) is 46.9 Å². The van der Waals surface area contributed by atoms with Gasteiger partial charge in [0, 0.05) is 10.5 Å². The standard InChI is InChI=1S/C22H25BrN2O3/c1-15(16-4-7-18(23)8-5-16)24-22(26)14-25-10-2-3-19(25)17-6-9-20-21(13-17)28-12-11-27-20/h4-9,13,15,19H,2-3,10-12,14H2,1H3,(H,24,26). The van der Waals surface area contributed by atoms with E-state index in [2.05, 4.69) is 38.3 Å². The number of nitrogens with zero attached hydrogens (tertiary/aromatic N) is 1. The van der Waals surface area contributed by atoms with Gasteiger partial charge in [0.25, 0.3) is 0 Å². The number of rotatable bonds is 5. The van der Waals surface area contributed by atoms with Gasteiger partial charge in [-0.1, -0.05) is 34.1 Å². The zero-order chi connectivity index (χ0) is 19.5. The van der Waals surface area contributed by atoms with Crippen LogP contribution in [0.3, 0.4) is 0 Å². The van der Waals surface area contributed by atoms with E-state index in [9.17, 15) is 4.79 Å². The van der Waals surface area contributed by atoms with Gasteiger partial charge in [0.1, 0.15) is 13.2 Å². The fourth-order valence-corrected chi connectivity index (χ4v) is 4.23. The summed E-state index contributed by atoms with van der Waals surface area (Å²) in [6, 6.07) is 14.4. The molecular formula is C22H25BrN2O3. The van der Waals surface area contributed by atoms with Crippen LogP contribution in [0.1, 0.15) is 43.0 Å². The molecule has 1 amide bonds. The predicted octanol–water partition coefficient (Wildman–Crippen LogP) is 4.23. The quantitative estimate of drug-likeness (QED) is 0.749. The number of carbonyl (C=O) groups excluding carboxylic acids is 1. The van der Waals surface area contributed by atoms with Crippen LogP contribution in [0, 0.1) is 0 Å². The SMILES string of the molecule is CC(NC(=O)CN1CCCC1c1ccc2c(c1)OCCO2)c1ccc(Br)cc1. The van der Waals surface area contributed by atoms with E-state index in [1.165, 1.54) is 5.56 Å². The van der Waals surface area contributed by atoms with Gasteiger partial charge in [-0.2, -0.15) is 0 Å². The minimum Gasteiger partial charge on any atom is -0.486 e. The molecule has 0 radical (unpaired) electrons. The summed E-state index contributed by atoms with van der Waals surface area (Å²) in [4.78, 5) is 14.9. The number of hydrogen-bond acceptors (Lipinski definition) is 4. The summed E-state index contributed by atoms with van der Waals surface area (Å²) < 4.78 is 12.4. The van der Waals surface area contributed by atoms with Crippen molar-refractivity contribution in [2.24, 2.45) is 0 Å². The minimum atomic E-state index is -0.0176. The van der Waals surface area contributed by atoms with E-state index in [1.54, 1.807) is 0 Å². The molecule has 2 aliphatic rings. The molecule has 4 rings (SSSR count). The van der Waals surface area contributed by atoms with Gasteiger partial charge in [-0.25, -0.2) is 0 Å². The van der Waals surface area contributed by atoms with Crippen LogP contribution in [0.5, 0.6) is 11.5 Å². The Balaban J connectivity index is 1.39. The van der Waals surface area contributed by atoms with Crippen molar-refractivity contribution in [1.82, 2.24) is 10.2 Å². The second-order valence-electron chi connectivity index (χ2n) is 7.37. The van der Waals surface area contributed by atoms with Crippen molar-refractivity contribution < 1.29 is 14.3 Å². The van der Waals surface area contributed by atoms with Crippen LogP contribution < -0.4 is 14.8 Å². The Kier molecular flexibility index (Phi) is 5.87. The van der Waals surface area contributed by atoms with Crippen molar-refractivity contribution in [1.29, 1.82) is 0 Å². The Labute approximate surface area is 174 Å². The monoisotopic (exact) mass is 444 g/mol. The number of ether oxygens (including phenoxy) is 2. The summed E-state index contributed by atoms with van der Waals surface area (Å²) in [6.07, 6.45) is 2.14. The molecule has 2 aliphatic heterocycles. The summed E-state index contributed by atoms with van der Waals surface area (Å²) in [5, 5.41) is 3.12. The van der Waals surface area contributed by atoms with Gasteiger partial charge in [0.15, 0.2) is 11.5 Å². The molecule has 0 bridgehead atoms. The number of nitrogens with one attached hydrogen (secondary N) is 1. The summed E-state index contributed by atoms with van der Waals surface area (Å²) >= 11 is 3.44. The lowest BCUT2D eigenvalue weighted by atomic mass is 10.0. The Hall–Kier alpha value is -2.05. The number of halogens is 1. The van der Waals surface area contributed by atoms with Gasteiger partial charge in [0.05, 0.1) is 12.6 Å². The number of amides is 1. The Morgan fingerprint density at radius 1 is 1.18 bits per heavy atom. The third-order valence-corrected chi connectivity index (χ3v) is 5.94. The highest BCUT2D eigenvalue weighted by Gasteiger charge is 2.29. The van der Waals surface area contributed by atoms with Crippen molar-refractivity contribution in [3.8, 4) is 11.5 Å². The number of likely N-dealkylation sites (tertiary alicyclic amines) is 1. The largest absolute Gasteiger partial charge is 0.486 e. The van der Waals surface area contributed by atoms with Crippen LogP contribution in [-0.2, 0) is 4.79 Å². The molecule has 2 aromatic carbocycles. The van der Waals surface area contributed by atoms with Crippen molar-refractivity contribution in [2.75, 3.05) is 26.3 Å². The highest BCUT2D eigenvalue weighted by molar-refractivity contribution is 9.10. The molecule has 5 nitrogen and oxygen atoms in total. The van der Waals surface area contributed by atoms with Gasteiger partial charge < -0.3 is 14.8 Å². The summed E-state index contributed by atoms with van der Waals surface area (Å²) in [5.74, 6) is 1.67. The average Bonchev–Trinajstić information content (AvgIpc) is 3.16. The first kappa shape index (κ1) is 19.3. The fourth-order valence-electron chi connectivity index (χ4n) is 3.97. The summed E-state index contributed by atoms with van der Waals surface area (Å²) in [7, 11) is 0. The lowest BCUT2D eigenvalue weighted by Gasteiger charge is -2.26. The third-order valence-electron chi connectivity index (χ3n) is 5.41. The Morgan fingerprint density at radius 2 is 1.93 bits per heavy atom. The minimum absolute atomic E-state index is 0.0176. The molecule has 1 saturated heterocycles. The zero-order valence-electron chi connectivity index (χ0n) is 16.0. The van der Waals surface area contributed by atoms with E-state index in [1.807, 2.05) is 37.3 Å². The van der Waals surface area contributed by atoms with E-state index in [0.29, 0.717) is 19.8 Å². The van der Waals surface area contributed by atoms with Gasteiger partial charge in [-0.15, -0.1) is 0 Å². The first-order valence-electron chi connectivity index (χ1n) is 9.78. The van der Waals surface area contributed by atoms with Gasteiger partial charge in [-0.3, -0.25) is 9.69 Å². The number of carbonyl (C=O) groups is 1. The summed E-state index contributed by atoms with van der Waals surface area (Å²) in [5.41, 5.74) is 2.29. The van der Waals surface area contributed by atoms with Crippen molar-refractivity contribution in [2.45, 2.75) is 31.8 Å². The molecule has 6 heteroatoms. The van der Waals surface area contributed by atoms with E-state index >= 15 is 0 Å². The lowest BCUT2D eigenvalue weighted by molar-refractivity contribution is -0.123. The molecule has 0 spiro atoms. The van der Waals surface area contributed by atoms with E-state index in [4.69, 9.17) is 9.47 Å². The van der Waals surface area contributed by atoms with E-state index < -0.39 is 0 Å². The van der Waals surface area contributed by atoms with Crippen LogP contribution in [-0.4, -0.2) is 37.1 Å². The van der Waals surface area contributed by atoms with Gasteiger partial charge in [0.2, 0.25) is 5.91 Å². The smallest absolute Gasteiger partial charge is 0.234 e. The highest BCUT2D eigenvalue weighted by atomic mass is 79.9. The highest BCUT2D eigenvalue weighted by Crippen LogP contribution is 2.37. The molecule has 2 unspecified atom stereocenters. The maximum Gasteiger partial charge on any atom is 0.234 e. The Bertz CT molecular complexity index is 840. The molecule has 0 saturated carbocycles.